The number of carbonyl (C=O) groups is 2. The van der Waals surface area contributed by atoms with Crippen LogP contribution in [-0.4, -0.2) is 47.7 Å². The van der Waals surface area contributed by atoms with Gasteiger partial charge >= 0.3 is 6.03 Å². The molecule has 3 amide bonds. The van der Waals surface area contributed by atoms with Crippen LogP contribution in [0.2, 0.25) is 0 Å². The Hall–Kier alpha value is -1.30. The van der Waals surface area contributed by atoms with Crippen molar-refractivity contribution >= 4 is 11.9 Å². The number of nitrogens with two attached hydrogens (primary N) is 1. The molecule has 0 aromatic heterocycles. The number of hydrogen-bond acceptors (Lipinski definition) is 3. The summed E-state index contributed by atoms with van der Waals surface area (Å²) in [5, 5.41) is 11.5. The van der Waals surface area contributed by atoms with Crippen LogP contribution in [0, 0.1) is 0 Å². The number of carbonyl (C=O) groups excluding carboxylic acids is 2. The molecule has 0 unspecified atom stereocenters. The number of nitrogens with one attached hydrogen (secondary N) is 1. The Balaban J connectivity index is 2.54. The van der Waals surface area contributed by atoms with E-state index in [1.165, 1.54) is 4.90 Å². The molecule has 1 saturated heterocycles. The number of nitrogens with zero attached hydrogens (tertiary/aromatic N) is 1. The van der Waals surface area contributed by atoms with Crippen molar-refractivity contribution in [3.8, 4) is 0 Å². The van der Waals surface area contributed by atoms with Gasteiger partial charge in [0.15, 0.2) is 0 Å². The van der Waals surface area contributed by atoms with Crippen LogP contribution in [0.4, 0.5) is 4.79 Å². The lowest BCUT2D eigenvalue weighted by Crippen LogP contribution is -2.42. The van der Waals surface area contributed by atoms with Crippen molar-refractivity contribution in [1.29, 1.82) is 0 Å². The Morgan fingerprint density at radius 2 is 2.46 bits per heavy atom. The van der Waals surface area contributed by atoms with Crippen molar-refractivity contribution in [1.82, 2.24) is 10.2 Å². The average molecular weight is 187 g/mol. The molecule has 0 aromatic rings. The van der Waals surface area contributed by atoms with E-state index < -0.39 is 11.9 Å². The summed E-state index contributed by atoms with van der Waals surface area (Å²) in [6, 6.07) is -0.736. The maximum atomic E-state index is 11.1. The Morgan fingerprint density at radius 1 is 1.77 bits per heavy atom. The predicted molar refractivity (Wildman–Crippen MR) is 44.8 cm³/mol. The second-order valence-electron chi connectivity index (χ2n) is 2.93. The van der Waals surface area contributed by atoms with Crippen LogP contribution < -0.4 is 11.1 Å². The fraction of sp³-hybridized carbons (Fsp3) is 0.714. The summed E-state index contributed by atoms with van der Waals surface area (Å²) in [6.45, 7) is 0.821. The first-order valence-electron chi connectivity index (χ1n) is 4.08. The molecular weight excluding hydrogens is 174 g/mol. The van der Waals surface area contributed by atoms with Crippen LogP contribution in [0.3, 0.4) is 0 Å². The van der Waals surface area contributed by atoms with Crippen LogP contribution in [0.15, 0.2) is 0 Å². The number of hydrogen-bond donors (Lipinski definition) is 3. The monoisotopic (exact) mass is 187 g/mol. The molecular formula is C7H13N3O3. The molecule has 4 N–H and O–H groups in total. The molecule has 0 spiro atoms. The predicted octanol–water partition coefficient (Wildman–Crippen LogP) is -1.75. The van der Waals surface area contributed by atoms with E-state index in [1.807, 2.05) is 0 Å². The molecule has 6 heteroatoms. The third-order valence-corrected chi connectivity index (χ3v) is 1.98. The van der Waals surface area contributed by atoms with E-state index in [-0.39, 0.29) is 19.1 Å². The van der Waals surface area contributed by atoms with Crippen LogP contribution in [0.1, 0.15) is 6.42 Å². The molecule has 1 fully saturated rings. The third-order valence-electron chi connectivity index (χ3n) is 1.98. The molecule has 13 heavy (non-hydrogen) atoms. The SMILES string of the molecule is NC(=O)C[C@@H](CO)N1CCNC1=O. The molecule has 0 radical (unpaired) electrons. The van der Waals surface area contributed by atoms with Gasteiger partial charge in [-0.2, -0.15) is 0 Å². The van der Waals surface area contributed by atoms with Crippen molar-refractivity contribution in [2.45, 2.75) is 12.5 Å². The zero-order valence-corrected chi connectivity index (χ0v) is 7.19. The normalized spacial score (nSPS) is 18.5. The molecule has 1 aliphatic heterocycles. The number of aliphatic hydroxyl groups excluding tert-OH is 1. The van der Waals surface area contributed by atoms with Gasteiger partial charge in [-0.05, 0) is 0 Å². The van der Waals surface area contributed by atoms with Crippen LogP contribution >= 0.6 is 0 Å². The van der Waals surface area contributed by atoms with Crippen LogP contribution in [-0.2, 0) is 4.79 Å². The van der Waals surface area contributed by atoms with Gasteiger partial charge in [-0.3, -0.25) is 4.79 Å². The molecule has 6 nitrogen and oxygen atoms in total. The molecule has 0 aromatic carbocycles. The van der Waals surface area contributed by atoms with Gasteiger partial charge in [0.1, 0.15) is 0 Å². The lowest BCUT2D eigenvalue weighted by atomic mass is 10.2. The van der Waals surface area contributed by atoms with Gasteiger partial charge in [0.2, 0.25) is 5.91 Å². The highest BCUT2D eigenvalue weighted by atomic mass is 16.3. The summed E-state index contributed by atoms with van der Waals surface area (Å²) in [7, 11) is 0. The van der Waals surface area contributed by atoms with E-state index in [0.717, 1.165) is 0 Å². The molecule has 1 atom stereocenters. The first-order valence-corrected chi connectivity index (χ1v) is 4.08. The second-order valence-corrected chi connectivity index (χ2v) is 2.93. The smallest absolute Gasteiger partial charge is 0.317 e. The van der Waals surface area contributed by atoms with Gasteiger partial charge in [-0.25, -0.2) is 4.79 Å². The number of amides is 3. The fourth-order valence-corrected chi connectivity index (χ4v) is 1.34. The Labute approximate surface area is 75.7 Å². The van der Waals surface area contributed by atoms with Gasteiger partial charge in [-0.15, -0.1) is 0 Å². The quantitative estimate of drug-likeness (QED) is 0.487. The van der Waals surface area contributed by atoms with Crippen molar-refractivity contribution in [2.24, 2.45) is 5.73 Å². The van der Waals surface area contributed by atoms with E-state index in [9.17, 15) is 9.59 Å². The first kappa shape index (κ1) is 9.79. The third kappa shape index (κ3) is 2.32. The van der Waals surface area contributed by atoms with E-state index in [4.69, 9.17) is 10.8 Å². The van der Waals surface area contributed by atoms with Crippen molar-refractivity contribution in [2.75, 3.05) is 19.7 Å². The summed E-state index contributed by atoms with van der Waals surface area (Å²) >= 11 is 0. The zero-order valence-electron chi connectivity index (χ0n) is 7.19. The van der Waals surface area contributed by atoms with Crippen LogP contribution in [0.25, 0.3) is 0 Å². The Bertz CT molecular complexity index is 219. The van der Waals surface area contributed by atoms with Gasteiger partial charge < -0.3 is 21.1 Å². The average Bonchev–Trinajstić information content (AvgIpc) is 2.47. The second kappa shape index (κ2) is 4.08. The van der Waals surface area contributed by atoms with Crippen molar-refractivity contribution < 1.29 is 14.7 Å². The fourth-order valence-electron chi connectivity index (χ4n) is 1.34. The highest BCUT2D eigenvalue weighted by Crippen LogP contribution is 2.07. The van der Waals surface area contributed by atoms with Gasteiger partial charge in [0, 0.05) is 19.5 Å². The van der Waals surface area contributed by atoms with E-state index in [1.54, 1.807) is 0 Å². The Morgan fingerprint density at radius 3 is 2.85 bits per heavy atom. The number of primary amides is 1. The molecule has 1 rings (SSSR count). The minimum Gasteiger partial charge on any atom is -0.394 e. The van der Waals surface area contributed by atoms with E-state index in [0.29, 0.717) is 13.1 Å². The largest absolute Gasteiger partial charge is 0.394 e. The van der Waals surface area contributed by atoms with E-state index >= 15 is 0 Å². The van der Waals surface area contributed by atoms with Gasteiger partial charge in [-0.1, -0.05) is 0 Å². The summed E-state index contributed by atoms with van der Waals surface area (Å²) in [6.07, 6.45) is 0.00389. The molecule has 1 aliphatic rings. The maximum Gasteiger partial charge on any atom is 0.317 e. The van der Waals surface area contributed by atoms with Crippen molar-refractivity contribution in [3.63, 3.8) is 0 Å². The summed E-state index contributed by atoms with van der Waals surface area (Å²) in [5.74, 6) is -0.515. The minimum atomic E-state index is -0.515. The maximum absolute atomic E-state index is 11.1. The highest BCUT2D eigenvalue weighted by Gasteiger charge is 2.27. The lowest BCUT2D eigenvalue weighted by Gasteiger charge is -2.23. The Kier molecular flexibility index (Phi) is 3.07. The number of urea groups is 1. The van der Waals surface area contributed by atoms with Gasteiger partial charge in [0.25, 0.3) is 0 Å². The summed E-state index contributed by atoms with van der Waals surface area (Å²) in [4.78, 5) is 23.1. The highest BCUT2D eigenvalue weighted by molar-refractivity contribution is 5.79. The van der Waals surface area contributed by atoms with Crippen molar-refractivity contribution in [3.05, 3.63) is 0 Å². The molecule has 0 aliphatic carbocycles. The van der Waals surface area contributed by atoms with Gasteiger partial charge in [0.05, 0.1) is 12.6 Å². The molecule has 1 heterocycles. The van der Waals surface area contributed by atoms with Crippen LogP contribution in [0.5, 0.6) is 0 Å². The topological polar surface area (TPSA) is 95.7 Å². The minimum absolute atomic E-state index is 0.00389. The standard InChI is InChI=1S/C7H13N3O3/c8-6(12)3-5(4-11)10-2-1-9-7(10)13/h5,11H,1-4H2,(H2,8,12)(H,9,13)/t5-/m0/s1. The first-order chi connectivity index (χ1) is 6.15. The molecule has 0 bridgehead atoms. The summed E-state index contributed by atoms with van der Waals surface area (Å²) < 4.78 is 0. The van der Waals surface area contributed by atoms with E-state index in [2.05, 4.69) is 5.32 Å². The number of aliphatic hydroxyl groups is 1. The number of rotatable bonds is 4. The zero-order chi connectivity index (χ0) is 9.84. The lowest BCUT2D eigenvalue weighted by molar-refractivity contribution is -0.119. The molecule has 0 saturated carbocycles. The summed E-state index contributed by atoms with van der Waals surface area (Å²) in [5.41, 5.74) is 4.97. The molecule has 74 valence electrons.